The molecule has 1 unspecified atom stereocenters. The molecule has 1 saturated heterocycles. The summed E-state index contributed by atoms with van der Waals surface area (Å²) in [5.74, 6) is 0.509. The van der Waals surface area contributed by atoms with Crippen LogP contribution in [-0.2, 0) is 6.54 Å². The molecule has 0 radical (unpaired) electrons. The highest BCUT2D eigenvalue weighted by Crippen LogP contribution is 2.30. The van der Waals surface area contributed by atoms with Crippen molar-refractivity contribution in [3.8, 4) is 5.75 Å². The first-order valence-electron chi connectivity index (χ1n) is 8.89. The minimum Gasteiger partial charge on any atom is -0.495 e. The number of guanidine groups is 1. The number of rotatable bonds is 5. The second-order valence-corrected chi connectivity index (χ2v) is 6.41. The Morgan fingerprint density at radius 1 is 1.25 bits per heavy atom. The van der Waals surface area contributed by atoms with Crippen LogP contribution in [0.1, 0.15) is 12.0 Å². The molecule has 1 aliphatic heterocycles. The van der Waals surface area contributed by atoms with Gasteiger partial charge in [-0.1, -0.05) is 12.1 Å². The number of halogens is 3. The van der Waals surface area contributed by atoms with E-state index in [0.717, 1.165) is 43.1 Å². The van der Waals surface area contributed by atoms with Crippen molar-refractivity contribution in [3.05, 3.63) is 59.7 Å². The summed E-state index contributed by atoms with van der Waals surface area (Å²) in [5, 5.41) is 6.39. The van der Waals surface area contributed by atoms with Crippen molar-refractivity contribution in [2.24, 2.45) is 4.99 Å². The Morgan fingerprint density at radius 3 is 2.79 bits per heavy atom. The van der Waals surface area contributed by atoms with Crippen LogP contribution in [0.5, 0.6) is 5.75 Å². The fourth-order valence-electron chi connectivity index (χ4n) is 3.23. The van der Waals surface area contributed by atoms with Crippen molar-refractivity contribution in [2.75, 3.05) is 32.1 Å². The third kappa shape index (κ3) is 5.46. The van der Waals surface area contributed by atoms with Crippen LogP contribution in [0, 0.1) is 11.6 Å². The number of hydrogen-bond acceptors (Lipinski definition) is 3. The molecule has 0 bridgehead atoms. The van der Waals surface area contributed by atoms with Crippen LogP contribution in [0.15, 0.2) is 47.5 Å². The molecular formula is C20H25F2IN4O. The predicted octanol–water partition coefficient (Wildman–Crippen LogP) is 3.54. The number of benzene rings is 2. The molecule has 5 nitrogen and oxygen atoms in total. The monoisotopic (exact) mass is 502 g/mol. The zero-order valence-corrected chi connectivity index (χ0v) is 18.2. The summed E-state index contributed by atoms with van der Waals surface area (Å²) in [6.07, 6.45) is 0.938. The van der Waals surface area contributed by atoms with E-state index in [1.54, 1.807) is 14.2 Å². The van der Waals surface area contributed by atoms with Gasteiger partial charge < -0.3 is 20.3 Å². The molecule has 8 heteroatoms. The van der Waals surface area contributed by atoms with Crippen LogP contribution in [0.25, 0.3) is 0 Å². The van der Waals surface area contributed by atoms with Crippen molar-refractivity contribution >= 4 is 35.6 Å². The van der Waals surface area contributed by atoms with E-state index in [9.17, 15) is 8.78 Å². The van der Waals surface area contributed by atoms with E-state index in [1.807, 2.05) is 24.3 Å². The van der Waals surface area contributed by atoms with Gasteiger partial charge in [-0.3, -0.25) is 4.99 Å². The van der Waals surface area contributed by atoms with Crippen LogP contribution < -0.4 is 20.3 Å². The lowest BCUT2D eigenvalue weighted by Gasteiger charge is -2.22. The highest BCUT2D eigenvalue weighted by atomic mass is 127. The third-order valence-corrected chi connectivity index (χ3v) is 4.63. The van der Waals surface area contributed by atoms with Crippen molar-refractivity contribution in [3.63, 3.8) is 0 Å². The Bertz CT molecular complexity index is 819. The van der Waals surface area contributed by atoms with Gasteiger partial charge in [0.25, 0.3) is 0 Å². The lowest BCUT2D eigenvalue weighted by molar-refractivity contribution is 0.415. The smallest absolute Gasteiger partial charge is 0.191 e. The SMILES string of the molecule is CN=C(NCc1cc(F)ccc1F)NC1CCN(c2ccccc2OC)C1.I. The van der Waals surface area contributed by atoms with Gasteiger partial charge in [-0.15, -0.1) is 24.0 Å². The summed E-state index contributed by atoms with van der Waals surface area (Å²) >= 11 is 0. The Kier molecular flexibility index (Phi) is 8.28. The largest absolute Gasteiger partial charge is 0.495 e. The summed E-state index contributed by atoms with van der Waals surface area (Å²) in [7, 11) is 3.33. The van der Waals surface area contributed by atoms with Crippen LogP contribution in [0.3, 0.4) is 0 Å². The number of para-hydroxylation sites is 2. The zero-order chi connectivity index (χ0) is 19.2. The molecule has 1 heterocycles. The van der Waals surface area contributed by atoms with Gasteiger partial charge in [0.15, 0.2) is 5.96 Å². The molecule has 0 spiro atoms. The van der Waals surface area contributed by atoms with Gasteiger partial charge in [0.1, 0.15) is 17.4 Å². The maximum Gasteiger partial charge on any atom is 0.191 e. The average Bonchev–Trinajstić information content (AvgIpc) is 3.15. The van der Waals surface area contributed by atoms with Gasteiger partial charge in [0.05, 0.1) is 12.8 Å². The number of methoxy groups -OCH3 is 1. The van der Waals surface area contributed by atoms with Crippen molar-refractivity contribution in [1.29, 1.82) is 0 Å². The minimum atomic E-state index is -0.459. The molecule has 2 N–H and O–H groups in total. The molecule has 1 fully saturated rings. The lowest BCUT2D eigenvalue weighted by atomic mass is 10.2. The van der Waals surface area contributed by atoms with Crippen molar-refractivity contribution < 1.29 is 13.5 Å². The van der Waals surface area contributed by atoms with Crippen molar-refractivity contribution in [1.82, 2.24) is 10.6 Å². The summed E-state index contributed by atoms with van der Waals surface area (Å²) in [5.41, 5.74) is 1.33. The van der Waals surface area contributed by atoms with Crippen LogP contribution >= 0.6 is 24.0 Å². The van der Waals surface area contributed by atoms with Crippen molar-refractivity contribution in [2.45, 2.75) is 19.0 Å². The first-order valence-corrected chi connectivity index (χ1v) is 8.89. The standard InChI is InChI=1S/C20H24F2N4O.HI/c1-23-20(24-12-14-11-15(21)7-8-17(14)22)25-16-9-10-26(13-16)18-5-3-4-6-19(18)27-2;/h3-8,11,16H,9-10,12-13H2,1-2H3,(H2,23,24,25);1H. The Hall–Kier alpha value is -2.10. The number of nitrogens with zero attached hydrogens (tertiary/aromatic N) is 2. The lowest BCUT2D eigenvalue weighted by Crippen LogP contribution is -2.44. The quantitative estimate of drug-likeness (QED) is 0.373. The summed E-state index contributed by atoms with van der Waals surface area (Å²) in [6, 6.07) is 11.6. The molecule has 152 valence electrons. The zero-order valence-electron chi connectivity index (χ0n) is 15.9. The molecule has 0 amide bonds. The van der Waals surface area contributed by atoms with Crippen LogP contribution in [-0.4, -0.2) is 39.2 Å². The number of anilines is 1. The molecule has 2 aromatic rings. The molecule has 28 heavy (non-hydrogen) atoms. The van der Waals surface area contributed by atoms with E-state index >= 15 is 0 Å². The highest BCUT2D eigenvalue weighted by molar-refractivity contribution is 14.0. The fraction of sp³-hybridized carbons (Fsp3) is 0.350. The van der Waals surface area contributed by atoms with E-state index in [-0.39, 0.29) is 42.1 Å². The number of ether oxygens (including phenoxy) is 1. The highest BCUT2D eigenvalue weighted by Gasteiger charge is 2.25. The molecule has 2 aromatic carbocycles. The average molecular weight is 502 g/mol. The molecular weight excluding hydrogens is 477 g/mol. The van der Waals surface area contributed by atoms with Gasteiger partial charge >= 0.3 is 0 Å². The molecule has 0 aliphatic carbocycles. The van der Waals surface area contributed by atoms with Crippen LogP contribution in [0.2, 0.25) is 0 Å². The molecule has 1 aliphatic rings. The maximum atomic E-state index is 13.8. The normalized spacial score (nSPS) is 16.5. The third-order valence-electron chi connectivity index (χ3n) is 4.63. The fourth-order valence-corrected chi connectivity index (χ4v) is 3.23. The van der Waals surface area contributed by atoms with E-state index in [1.165, 1.54) is 6.07 Å². The van der Waals surface area contributed by atoms with Gasteiger partial charge in [0.2, 0.25) is 0 Å². The van der Waals surface area contributed by atoms with E-state index < -0.39 is 11.6 Å². The van der Waals surface area contributed by atoms with E-state index in [4.69, 9.17) is 4.74 Å². The molecule has 0 aromatic heterocycles. The van der Waals surface area contributed by atoms with Gasteiger partial charge in [0, 0.05) is 38.3 Å². The Labute approximate surface area is 181 Å². The first-order chi connectivity index (χ1) is 13.1. The number of nitrogens with one attached hydrogen (secondary N) is 2. The Morgan fingerprint density at radius 2 is 2.04 bits per heavy atom. The van der Waals surface area contributed by atoms with Crippen LogP contribution in [0.4, 0.5) is 14.5 Å². The second kappa shape index (κ2) is 10.4. The molecule has 3 rings (SSSR count). The summed E-state index contributed by atoms with van der Waals surface area (Å²) in [4.78, 5) is 6.45. The van der Waals surface area contributed by atoms with Gasteiger partial charge in [-0.25, -0.2) is 8.78 Å². The summed E-state index contributed by atoms with van der Waals surface area (Å²) < 4.78 is 32.5. The first kappa shape index (κ1) is 22.2. The van der Waals surface area contributed by atoms with Gasteiger partial charge in [-0.05, 0) is 36.8 Å². The minimum absolute atomic E-state index is 0. The molecule has 0 saturated carbocycles. The van der Waals surface area contributed by atoms with Gasteiger partial charge in [-0.2, -0.15) is 0 Å². The topological polar surface area (TPSA) is 48.9 Å². The van der Waals surface area contributed by atoms with E-state index in [2.05, 4.69) is 20.5 Å². The van der Waals surface area contributed by atoms with E-state index in [0.29, 0.717) is 5.96 Å². The predicted molar refractivity (Wildman–Crippen MR) is 119 cm³/mol. The molecule has 1 atom stereocenters. The second-order valence-electron chi connectivity index (χ2n) is 6.41. The Balaban J connectivity index is 0.00000280. The number of hydrogen-bond donors (Lipinski definition) is 2. The number of aliphatic imine (C=N–C) groups is 1. The summed E-state index contributed by atoms with van der Waals surface area (Å²) in [6.45, 7) is 1.86. The maximum absolute atomic E-state index is 13.8.